The van der Waals surface area contributed by atoms with E-state index in [-0.39, 0.29) is 11.5 Å². The highest BCUT2D eigenvalue weighted by Crippen LogP contribution is 2.55. The first kappa shape index (κ1) is 9.97. The molecule has 0 spiro atoms. The van der Waals surface area contributed by atoms with Crippen molar-refractivity contribution in [3.05, 3.63) is 24.3 Å². The molecule has 0 radical (unpaired) electrons. The van der Waals surface area contributed by atoms with E-state index in [1.165, 1.54) is 12.0 Å². The third-order valence-electron chi connectivity index (χ3n) is 3.87. The summed E-state index contributed by atoms with van der Waals surface area (Å²) < 4.78 is 0. The third-order valence-corrected chi connectivity index (χ3v) is 3.87. The van der Waals surface area contributed by atoms with Gasteiger partial charge in [-0.25, -0.2) is 0 Å². The van der Waals surface area contributed by atoms with Crippen molar-refractivity contribution in [2.75, 3.05) is 0 Å². The van der Waals surface area contributed by atoms with Gasteiger partial charge in [-0.2, -0.15) is 0 Å². The number of fused-ring (bicyclic) bond motifs is 2. The molecule has 1 N–H and O–H groups in total. The zero-order valence-corrected chi connectivity index (χ0v) is 9.16. The minimum Gasteiger partial charge on any atom is -0.393 e. The fourth-order valence-corrected chi connectivity index (χ4v) is 2.75. The van der Waals surface area contributed by atoms with E-state index in [4.69, 9.17) is 0 Å². The Kier molecular flexibility index (Phi) is 2.30. The van der Waals surface area contributed by atoms with Crippen molar-refractivity contribution in [1.82, 2.24) is 0 Å². The van der Waals surface area contributed by atoms with Gasteiger partial charge in [-0.3, -0.25) is 0 Å². The number of hydrogen-bond acceptors (Lipinski definition) is 1. The Morgan fingerprint density at radius 2 is 2.36 bits per heavy atom. The number of allylic oxidation sites excluding steroid dienone is 3. The highest BCUT2D eigenvalue weighted by molar-refractivity contribution is 5.33. The second-order valence-electron chi connectivity index (χ2n) is 5.30. The molecule has 78 valence electrons. The summed E-state index contributed by atoms with van der Waals surface area (Å²) in [6.07, 6.45) is 7.61. The first-order valence-corrected chi connectivity index (χ1v) is 5.59. The van der Waals surface area contributed by atoms with Gasteiger partial charge in [0.1, 0.15) is 0 Å². The Labute approximate surface area is 86.5 Å². The standard InChI is InChI=1S/C13H20O/c1-9(2)12(14)8-13-5-4-11(7-13)6-10(13)3/h4-5,9,11-12,14H,3,6-8H2,1-2H3/t11-,12+,13-/m0/s1. The quantitative estimate of drug-likeness (QED) is 0.682. The van der Waals surface area contributed by atoms with Gasteiger partial charge in [0.2, 0.25) is 0 Å². The van der Waals surface area contributed by atoms with Crippen molar-refractivity contribution in [3.8, 4) is 0 Å². The smallest absolute Gasteiger partial charge is 0.0574 e. The van der Waals surface area contributed by atoms with Crippen molar-refractivity contribution in [1.29, 1.82) is 0 Å². The highest BCUT2D eigenvalue weighted by atomic mass is 16.3. The lowest BCUT2D eigenvalue weighted by Gasteiger charge is -2.30. The van der Waals surface area contributed by atoms with Crippen molar-refractivity contribution in [2.24, 2.45) is 17.3 Å². The highest BCUT2D eigenvalue weighted by Gasteiger charge is 2.44. The molecule has 1 saturated carbocycles. The Morgan fingerprint density at radius 1 is 1.64 bits per heavy atom. The molecule has 2 aliphatic carbocycles. The first-order valence-electron chi connectivity index (χ1n) is 5.59. The molecular weight excluding hydrogens is 172 g/mol. The molecule has 2 aliphatic rings. The molecule has 0 aromatic carbocycles. The molecule has 2 rings (SSSR count). The minimum atomic E-state index is -0.187. The summed E-state index contributed by atoms with van der Waals surface area (Å²) >= 11 is 0. The van der Waals surface area contributed by atoms with Crippen molar-refractivity contribution in [3.63, 3.8) is 0 Å². The van der Waals surface area contributed by atoms with Gasteiger partial charge in [0.15, 0.2) is 0 Å². The van der Waals surface area contributed by atoms with Crippen molar-refractivity contribution < 1.29 is 5.11 Å². The van der Waals surface area contributed by atoms with Crippen LogP contribution in [0.2, 0.25) is 0 Å². The zero-order valence-electron chi connectivity index (χ0n) is 9.16. The normalized spacial score (nSPS) is 37.1. The summed E-state index contributed by atoms with van der Waals surface area (Å²) in [4.78, 5) is 0. The lowest BCUT2D eigenvalue weighted by Crippen LogP contribution is -2.26. The van der Waals surface area contributed by atoms with E-state index in [1.54, 1.807) is 0 Å². The van der Waals surface area contributed by atoms with Gasteiger partial charge in [-0.1, -0.05) is 38.2 Å². The van der Waals surface area contributed by atoms with Gasteiger partial charge in [0.05, 0.1) is 6.10 Å². The van der Waals surface area contributed by atoms with E-state index in [0.717, 1.165) is 12.8 Å². The number of rotatable bonds is 3. The molecule has 1 nitrogen and oxygen atoms in total. The average molecular weight is 192 g/mol. The van der Waals surface area contributed by atoms with Gasteiger partial charge >= 0.3 is 0 Å². The molecule has 0 unspecified atom stereocenters. The van der Waals surface area contributed by atoms with Gasteiger partial charge in [0, 0.05) is 5.41 Å². The SMILES string of the molecule is C=C1C[C@@H]2C=C[C@@]1(C[C@@H](O)C(C)C)C2. The van der Waals surface area contributed by atoms with E-state index in [2.05, 4.69) is 32.6 Å². The van der Waals surface area contributed by atoms with Crippen LogP contribution in [0.3, 0.4) is 0 Å². The van der Waals surface area contributed by atoms with E-state index in [9.17, 15) is 5.11 Å². The molecule has 0 saturated heterocycles. The summed E-state index contributed by atoms with van der Waals surface area (Å²) in [7, 11) is 0. The maximum Gasteiger partial charge on any atom is 0.0574 e. The average Bonchev–Trinajstić information content (AvgIpc) is 2.60. The topological polar surface area (TPSA) is 20.2 Å². The van der Waals surface area contributed by atoms with E-state index < -0.39 is 0 Å². The summed E-state index contributed by atoms with van der Waals surface area (Å²) in [5.41, 5.74) is 1.48. The molecule has 0 aromatic heterocycles. The maximum absolute atomic E-state index is 9.94. The monoisotopic (exact) mass is 192 g/mol. The predicted molar refractivity (Wildman–Crippen MR) is 58.9 cm³/mol. The Bertz CT molecular complexity index is 277. The van der Waals surface area contributed by atoms with Gasteiger partial charge < -0.3 is 5.11 Å². The second-order valence-corrected chi connectivity index (χ2v) is 5.30. The van der Waals surface area contributed by atoms with E-state index in [0.29, 0.717) is 11.8 Å². The van der Waals surface area contributed by atoms with E-state index in [1.807, 2.05) is 0 Å². The van der Waals surface area contributed by atoms with Crippen LogP contribution < -0.4 is 0 Å². The molecular formula is C13H20O. The van der Waals surface area contributed by atoms with Crippen LogP contribution in [0.1, 0.15) is 33.1 Å². The maximum atomic E-state index is 9.94. The van der Waals surface area contributed by atoms with Gasteiger partial charge in [-0.15, -0.1) is 0 Å². The Hall–Kier alpha value is -0.560. The molecule has 0 aliphatic heterocycles. The van der Waals surface area contributed by atoms with Crippen LogP contribution >= 0.6 is 0 Å². The molecule has 0 amide bonds. The first-order chi connectivity index (χ1) is 6.53. The Morgan fingerprint density at radius 3 is 2.79 bits per heavy atom. The van der Waals surface area contributed by atoms with E-state index >= 15 is 0 Å². The fourth-order valence-electron chi connectivity index (χ4n) is 2.75. The molecule has 0 heterocycles. The molecule has 14 heavy (non-hydrogen) atoms. The van der Waals surface area contributed by atoms with Crippen LogP contribution in [0, 0.1) is 17.3 Å². The van der Waals surface area contributed by atoms with Crippen LogP contribution in [0.15, 0.2) is 24.3 Å². The van der Waals surface area contributed by atoms with Gasteiger partial charge in [0.25, 0.3) is 0 Å². The molecule has 0 aromatic rings. The largest absolute Gasteiger partial charge is 0.393 e. The second kappa shape index (κ2) is 3.23. The fraction of sp³-hybridized carbons (Fsp3) is 0.692. The van der Waals surface area contributed by atoms with Crippen LogP contribution in [0.25, 0.3) is 0 Å². The summed E-state index contributed by atoms with van der Waals surface area (Å²) in [5.74, 6) is 1.06. The summed E-state index contributed by atoms with van der Waals surface area (Å²) in [6.45, 7) is 8.32. The molecule has 3 atom stereocenters. The van der Waals surface area contributed by atoms with Crippen LogP contribution in [-0.4, -0.2) is 11.2 Å². The predicted octanol–water partition coefficient (Wildman–Crippen LogP) is 2.92. The number of aliphatic hydroxyl groups is 1. The minimum absolute atomic E-state index is 0.147. The lowest BCUT2D eigenvalue weighted by molar-refractivity contribution is 0.0897. The van der Waals surface area contributed by atoms with Crippen LogP contribution in [0.5, 0.6) is 0 Å². The number of hydrogen-bond donors (Lipinski definition) is 1. The van der Waals surface area contributed by atoms with Crippen LogP contribution in [-0.2, 0) is 0 Å². The van der Waals surface area contributed by atoms with Gasteiger partial charge in [-0.05, 0) is 31.1 Å². The third kappa shape index (κ3) is 1.44. The lowest BCUT2D eigenvalue weighted by atomic mass is 9.77. The Balaban J connectivity index is 2.10. The van der Waals surface area contributed by atoms with Crippen LogP contribution in [0.4, 0.5) is 0 Å². The molecule has 1 heteroatoms. The van der Waals surface area contributed by atoms with Crippen molar-refractivity contribution in [2.45, 2.75) is 39.2 Å². The molecule has 2 bridgehead atoms. The van der Waals surface area contributed by atoms with Crippen molar-refractivity contribution >= 4 is 0 Å². The summed E-state index contributed by atoms with van der Waals surface area (Å²) in [6, 6.07) is 0. The zero-order chi connectivity index (χ0) is 10.3. The summed E-state index contributed by atoms with van der Waals surface area (Å²) in [5, 5.41) is 9.94. The molecule has 1 fully saturated rings. The number of aliphatic hydroxyl groups excluding tert-OH is 1.